The Bertz CT molecular complexity index is 763. The molecule has 0 amide bonds. The van der Waals surface area contributed by atoms with Gasteiger partial charge in [-0.05, 0) is 56.0 Å². The highest BCUT2D eigenvalue weighted by atomic mass is 16.5. The molecule has 122 valence electrons. The fraction of sp³-hybridized carbons (Fsp3) is 0.474. The number of nitrogens with one attached hydrogen (secondary N) is 1. The largest absolute Gasteiger partial charge is 0.489 e. The predicted molar refractivity (Wildman–Crippen MR) is 91.9 cm³/mol. The van der Waals surface area contributed by atoms with E-state index < -0.39 is 0 Å². The SMILES string of the molecule is CCCC(CC=N)Oc1cccc2oc(=O)c3c(c12)CCCC3. The third-order valence-electron chi connectivity index (χ3n) is 4.49. The molecule has 1 unspecified atom stereocenters. The van der Waals surface area contributed by atoms with Crippen molar-refractivity contribution >= 4 is 17.2 Å². The summed E-state index contributed by atoms with van der Waals surface area (Å²) in [6.07, 6.45) is 7.75. The molecule has 4 heteroatoms. The first-order chi connectivity index (χ1) is 11.2. The van der Waals surface area contributed by atoms with Gasteiger partial charge in [0.1, 0.15) is 17.4 Å². The van der Waals surface area contributed by atoms with Crippen LogP contribution in [0, 0.1) is 5.41 Å². The number of rotatable bonds is 6. The lowest BCUT2D eigenvalue weighted by atomic mass is 9.90. The van der Waals surface area contributed by atoms with E-state index in [4.69, 9.17) is 14.6 Å². The van der Waals surface area contributed by atoms with Crippen LogP contribution in [-0.4, -0.2) is 12.3 Å². The molecule has 1 aromatic carbocycles. The molecular weight excluding hydrogens is 290 g/mol. The summed E-state index contributed by atoms with van der Waals surface area (Å²) < 4.78 is 11.7. The summed E-state index contributed by atoms with van der Waals surface area (Å²) in [7, 11) is 0. The van der Waals surface area contributed by atoms with Crippen LogP contribution in [0.2, 0.25) is 0 Å². The van der Waals surface area contributed by atoms with Gasteiger partial charge in [-0.1, -0.05) is 19.4 Å². The summed E-state index contributed by atoms with van der Waals surface area (Å²) in [4.78, 5) is 12.2. The van der Waals surface area contributed by atoms with Crippen LogP contribution >= 0.6 is 0 Å². The van der Waals surface area contributed by atoms with Crippen molar-refractivity contribution in [3.05, 3.63) is 39.7 Å². The van der Waals surface area contributed by atoms with Gasteiger partial charge in [0.05, 0.1) is 5.39 Å². The smallest absolute Gasteiger partial charge is 0.339 e. The lowest BCUT2D eigenvalue weighted by Gasteiger charge is -2.21. The van der Waals surface area contributed by atoms with Crippen molar-refractivity contribution in [2.24, 2.45) is 0 Å². The van der Waals surface area contributed by atoms with Gasteiger partial charge in [-0.3, -0.25) is 0 Å². The van der Waals surface area contributed by atoms with Crippen molar-refractivity contribution in [3.8, 4) is 5.75 Å². The molecule has 0 bridgehead atoms. The Morgan fingerprint density at radius 2 is 2.09 bits per heavy atom. The molecule has 0 saturated heterocycles. The molecule has 1 aromatic heterocycles. The standard InChI is InChI=1S/C19H23NO3/c1-2-6-13(11-12-20)22-16-9-5-10-17-18(16)14-7-3-4-8-15(14)19(21)23-17/h5,9-10,12-13,20H,2-4,6-8,11H2,1H3. The molecule has 0 fully saturated rings. The topological polar surface area (TPSA) is 63.3 Å². The molecule has 1 atom stereocenters. The van der Waals surface area contributed by atoms with Crippen LogP contribution in [0.1, 0.15) is 50.2 Å². The van der Waals surface area contributed by atoms with E-state index in [-0.39, 0.29) is 11.7 Å². The molecule has 1 aliphatic rings. The van der Waals surface area contributed by atoms with Crippen LogP contribution in [-0.2, 0) is 12.8 Å². The Balaban J connectivity index is 2.10. The van der Waals surface area contributed by atoms with Gasteiger partial charge in [-0.25, -0.2) is 4.79 Å². The second kappa shape index (κ2) is 6.99. The van der Waals surface area contributed by atoms with E-state index in [0.717, 1.165) is 60.8 Å². The van der Waals surface area contributed by atoms with Crippen LogP contribution < -0.4 is 10.4 Å². The van der Waals surface area contributed by atoms with Gasteiger partial charge in [0.2, 0.25) is 0 Å². The zero-order chi connectivity index (χ0) is 16.2. The first kappa shape index (κ1) is 15.8. The molecule has 0 aliphatic heterocycles. The van der Waals surface area contributed by atoms with E-state index >= 15 is 0 Å². The van der Waals surface area contributed by atoms with Crippen molar-refractivity contribution < 1.29 is 9.15 Å². The van der Waals surface area contributed by atoms with Crippen LogP contribution in [0.15, 0.2) is 27.4 Å². The number of hydrogen-bond acceptors (Lipinski definition) is 4. The highest BCUT2D eigenvalue weighted by molar-refractivity contribution is 5.88. The summed E-state index contributed by atoms with van der Waals surface area (Å²) in [5, 5.41) is 8.31. The van der Waals surface area contributed by atoms with Crippen LogP contribution in [0.5, 0.6) is 5.75 Å². The molecule has 0 saturated carbocycles. The zero-order valence-electron chi connectivity index (χ0n) is 13.6. The highest BCUT2D eigenvalue weighted by Crippen LogP contribution is 2.34. The summed E-state index contributed by atoms with van der Waals surface area (Å²) >= 11 is 0. The van der Waals surface area contributed by atoms with E-state index in [1.165, 1.54) is 6.21 Å². The first-order valence-electron chi connectivity index (χ1n) is 8.47. The van der Waals surface area contributed by atoms with Crippen molar-refractivity contribution in [3.63, 3.8) is 0 Å². The van der Waals surface area contributed by atoms with Gasteiger partial charge >= 0.3 is 5.63 Å². The number of hydrogen-bond donors (Lipinski definition) is 1. The minimum absolute atomic E-state index is 0.00531. The summed E-state index contributed by atoms with van der Waals surface area (Å²) in [5.74, 6) is 0.782. The minimum Gasteiger partial charge on any atom is -0.489 e. The van der Waals surface area contributed by atoms with Gasteiger partial charge < -0.3 is 14.6 Å². The Morgan fingerprint density at radius 3 is 2.83 bits per heavy atom. The van der Waals surface area contributed by atoms with Crippen LogP contribution in [0.4, 0.5) is 0 Å². The molecule has 1 N–H and O–H groups in total. The van der Waals surface area contributed by atoms with E-state index in [2.05, 4.69) is 6.92 Å². The average molecular weight is 313 g/mol. The Hall–Kier alpha value is -2.10. The minimum atomic E-state index is -0.200. The van der Waals surface area contributed by atoms with Crippen molar-refractivity contribution in [2.75, 3.05) is 0 Å². The second-order valence-corrected chi connectivity index (χ2v) is 6.15. The second-order valence-electron chi connectivity index (χ2n) is 6.15. The lowest BCUT2D eigenvalue weighted by Crippen LogP contribution is -2.19. The number of ether oxygens (including phenoxy) is 1. The van der Waals surface area contributed by atoms with Gasteiger partial charge in [-0.2, -0.15) is 0 Å². The first-order valence-corrected chi connectivity index (χ1v) is 8.47. The maximum Gasteiger partial charge on any atom is 0.339 e. The highest BCUT2D eigenvalue weighted by Gasteiger charge is 2.21. The van der Waals surface area contributed by atoms with Crippen LogP contribution in [0.3, 0.4) is 0 Å². The molecule has 23 heavy (non-hydrogen) atoms. The van der Waals surface area contributed by atoms with Crippen molar-refractivity contribution in [1.82, 2.24) is 0 Å². The monoisotopic (exact) mass is 313 g/mol. The maximum absolute atomic E-state index is 12.2. The molecule has 0 spiro atoms. The van der Waals surface area contributed by atoms with E-state index in [0.29, 0.717) is 12.0 Å². The van der Waals surface area contributed by atoms with Gasteiger partial charge in [0, 0.05) is 12.0 Å². The lowest BCUT2D eigenvalue weighted by molar-refractivity contribution is 0.201. The average Bonchev–Trinajstić information content (AvgIpc) is 2.55. The molecule has 1 heterocycles. The van der Waals surface area contributed by atoms with E-state index in [1.807, 2.05) is 18.2 Å². The maximum atomic E-state index is 12.2. The molecule has 1 aliphatic carbocycles. The quantitative estimate of drug-likeness (QED) is 0.640. The van der Waals surface area contributed by atoms with Crippen molar-refractivity contribution in [2.45, 2.75) is 58.0 Å². The number of benzene rings is 1. The summed E-state index contributed by atoms with van der Waals surface area (Å²) in [6.45, 7) is 2.12. The van der Waals surface area contributed by atoms with Crippen LogP contribution in [0.25, 0.3) is 11.0 Å². The normalized spacial score (nSPS) is 15.2. The molecule has 4 nitrogen and oxygen atoms in total. The number of fused-ring (bicyclic) bond motifs is 3. The third-order valence-corrected chi connectivity index (χ3v) is 4.49. The van der Waals surface area contributed by atoms with Gasteiger partial charge in [0.25, 0.3) is 0 Å². The summed E-state index contributed by atoms with van der Waals surface area (Å²) in [5.41, 5.74) is 2.33. The third kappa shape index (κ3) is 3.16. The number of aryl methyl sites for hydroxylation is 1. The van der Waals surface area contributed by atoms with Gasteiger partial charge in [0.15, 0.2) is 0 Å². The molecule has 3 rings (SSSR count). The van der Waals surface area contributed by atoms with E-state index in [1.54, 1.807) is 0 Å². The predicted octanol–water partition coefficient (Wildman–Crippen LogP) is 4.26. The molecular formula is C19H23NO3. The fourth-order valence-electron chi connectivity index (χ4n) is 3.42. The fourth-order valence-corrected chi connectivity index (χ4v) is 3.42. The van der Waals surface area contributed by atoms with Crippen molar-refractivity contribution in [1.29, 1.82) is 5.41 Å². The van der Waals surface area contributed by atoms with E-state index in [9.17, 15) is 4.79 Å². The Morgan fingerprint density at radius 1 is 1.30 bits per heavy atom. The Kier molecular flexibility index (Phi) is 4.79. The Labute approximate surface area is 136 Å². The van der Waals surface area contributed by atoms with Gasteiger partial charge in [-0.15, -0.1) is 0 Å². The molecule has 2 aromatic rings. The zero-order valence-corrected chi connectivity index (χ0v) is 13.6. The molecule has 0 radical (unpaired) electrons. The summed E-state index contributed by atoms with van der Waals surface area (Å²) in [6, 6.07) is 5.65.